The molecule has 3 nitrogen and oxygen atoms in total. The normalized spacial score (nSPS) is 13.2. The van der Waals surface area contributed by atoms with Crippen molar-refractivity contribution >= 4 is 34.2 Å². The summed E-state index contributed by atoms with van der Waals surface area (Å²) in [7, 11) is 1.65. The van der Waals surface area contributed by atoms with Crippen molar-refractivity contribution in [2.75, 3.05) is 12.4 Å². The number of carbonyl (C=O) groups is 1. The molecule has 3 aromatic rings. The average molecular weight is 538 g/mol. The molecular formula is C32H40ClNO2S. The molecule has 0 aliphatic carbocycles. The number of carbonyl (C=O) groups excluding carboxylic acids is 1. The highest BCUT2D eigenvalue weighted by atomic mass is 35.5. The molecule has 0 spiro atoms. The van der Waals surface area contributed by atoms with Crippen LogP contribution in [0.4, 0.5) is 5.69 Å². The molecule has 0 saturated carbocycles. The Morgan fingerprint density at radius 3 is 1.89 bits per heavy atom. The van der Waals surface area contributed by atoms with E-state index in [2.05, 4.69) is 59.0 Å². The fraction of sp³-hybridized carbons (Fsp3) is 0.406. The summed E-state index contributed by atoms with van der Waals surface area (Å²) in [5, 5.41) is 4.37. The second-order valence-electron chi connectivity index (χ2n) is 10.6. The zero-order chi connectivity index (χ0) is 27.3. The van der Waals surface area contributed by atoms with Gasteiger partial charge in [0.2, 0.25) is 0 Å². The van der Waals surface area contributed by atoms with Gasteiger partial charge in [-0.3, -0.25) is 4.79 Å². The smallest absolute Gasteiger partial charge is 0.198 e. The fourth-order valence-corrected chi connectivity index (χ4v) is 5.95. The lowest BCUT2D eigenvalue weighted by molar-refractivity contribution is -0.114. The van der Waals surface area contributed by atoms with Gasteiger partial charge in [0.25, 0.3) is 0 Å². The number of methoxy groups -OCH3 is 1. The number of benzene rings is 3. The van der Waals surface area contributed by atoms with E-state index >= 15 is 0 Å². The van der Waals surface area contributed by atoms with Crippen molar-refractivity contribution in [3.05, 3.63) is 87.9 Å². The molecule has 0 heterocycles. The van der Waals surface area contributed by atoms with Crippen LogP contribution in [0.3, 0.4) is 0 Å². The zero-order valence-corrected chi connectivity index (χ0v) is 24.8. The molecule has 0 radical (unpaired) electrons. The monoisotopic (exact) mass is 537 g/mol. The van der Waals surface area contributed by atoms with E-state index in [4.69, 9.17) is 16.3 Å². The number of thioether (sulfide) groups is 1. The largest absolute Gasteiger partial charge is 0.497 e. The zero-order valence-electron chi connectivity index (χ0n) is 23.3. The number of ether oxygens (including phenoxy) is 1. The van der Waals surface area contributed by atoms with Gasteiger partial charge in [-0.15, -0.1) is 0 Å². The first kappa shape index (κ1) is 29.1. The summed E-state index contributed by atoms with van der Waals surface area (Å²) < 4.78 is 5.31. The first-order valence-corrected chi connectivity index (χ1v) is 14.3. The lowest BCUT2D eigenvalue weighted by Gasteiger charge is -2.27. The Labute approximate surface area is 232 Å². The molecular weight excluding hydrogens is 498 g/mol. The highest BCUT2D eigenvalue weighted by Crippen LogP contribution is 2.41. The van der Waals surface area contributed by atoms with Crippen LogP contribution in [0.5, 0.6) is 5.75 Å². The van der Waals surface area contributed by atoms with E-state index in [1.807, 2.05) is 55.5 Å². The quantitative estimate of drug-likeness (QED) is 0.261. The first-order chi connectivity index (χ1) is 17.5. The molecule has 37 heavy (non-hydrogen) atoms. The van der Waals surface area contributed by atoms with Gasteiger partial charge in [0, 0.05) is 15.6 Å². The van der Waals surface area contributed by atoms with Gasteiger partial charge in [0.1, 0.15) is 5.75 Å². The van der Waals surface area contributed by atoms with Gasteiger partial charge >= 0.3 is 0 Å². The number of rotatable bonds is 10. The van der Waals surface area contributed by atoms with Crippen molar-refractivity contribution in [2.24, 2.45) is 5.92 Å². The van der Waals surface area contributed by atoms with Crippen LogP contribution in [-0.2, 0) is 4.79 Å². The van der Waals surface area contributed by atoms with Crippen LogP contribution in [0, 0.1) is 5.92 Å². The lowest BCUT2D eigenvalue weighted by atomic mass is 9.89. The highest BCUT2D eigenvalue weighted by molar-refractivity contribution is 8.13. The van der Waals surface area contributed by atoms with Gasteiger partial charge in [-0.2, -0.15) is 0 Å². The van der Waals surface area contributed by atoms with Gasteiger partial charge in [0.05, 0.1) is 19.1 Å². The number of nitrogens with one attached hydrogen (secondary N) is 1. The van der Waals surface area contributed by atoms with Crippen LogP contribution < -0.4 is 10.1 Å². The van der Waals surface area contributed by atoms with Crippen molar-refractivity contribution in [2.45, 2.75) is 77.2 Å². The molecule has 1 N–H and O–H groups in total. The predicted octanol–water partition coefficient (Wildman–Crippen LogP) is 9.83. The molecule has 0 fully saturated rings. The van der Waals surface area contributed by atoms with Gasteiger partial charge in [0.15, 0.2) is 5.12 Å². The maximum Gasteiger partial charge on any atom is 0.198 e. The van der Waals surface area contributed by atoms with Crippen LogP contribution >= 0.6 is 23.4 Å². The molecule has 3 rings (SSSR count). The van der Waals surface area contributed by atoms with E-state index < -0.39 is 0 Å². The Bertz CT molecular complexity index is 1170. The maximum absolute atomic E-state index is 13.9. The van der Waals surface area contributed by atoms with Gasteiger partial charge in [-0.1, -0.05) is 96.1 Å². The molecule has 0 aliphatic rings. The lowest BCUT2D eigenvalue weighted by Crippen LogP contribution is -2.24. The summed E-state index contributed by atoms with van der Waals surface area (Å²) in [6.07, 6.45) is 0. The standard InChI is InChI=1S/C32H40ClNO2S/c1-19(2)24-17-28(20(3)4)31(29(18-24)21(5)6)37-32(35)22(7)30(23-10-9-11-25(33)16-23)34-26-12-14-27(36-8)15-13-26/h9-22,30,34H,1-8H3/t22-,30+/m1/s1. The van der Waals surface area contributed by atoms with Crippen molar-refractivity contribution in [3.8, 4) is 5.75 Å². The van der Waals surface area contributed by atoms with E-state index in [1.165, 1.54) is 28.5 Å². The average Bonchev–Trinajstić information content (AvgIpc) is 2.86. The minimum absolute atomic E-state index is 0.132. The van der Waals surface area contributed by atoms with Crippen LogP contribution in [0.25, 0.3) is 0 Å². The number of anilines is 1. The van der Waals surface area contributed by atoms with Gasteiger partial charge < -0.3 is 10.1 Å². The topological polar surface area (TPSA) is 38.3 Å². The fourth-order valence-electron chi connectivity index (χ4n) is 4.40. The molecule has 0 amide bonds. The Kier molecular flexibility index (Phi) is 10.1. The summed E-state index contributed by atoms with van der Waals surface area (Å²) in [5.41, 5.74) is 5.73. The molecule has 3 aromatic carbocycles. The van der Waals surface area contributed by atoms with Crippen molar-refractivity contribution < 1.29 is 9.53 Å². The minimum atomic E-state index is -0.310. The molecule has 0 aliphatic heterocycles. The summed E-state index contributed by atoms with van der Waals surface area (Å²) in [6, 6.07) is 19.9. The van der Waals surface area contributed by atoms with E-state index in [9.17, 15) is 4.79 Å². The van der Waals surface area contributed by atoms with Crippen molar-refractivity contribution in [1.29, 1.82) is 0 Å². The Morgan fingerprint density at radius 2 is 1.41 bits per heavy atom. The molecule has 5 heteroatoms. The Balaban J connectivity index is 1.99. The number of halogens is 1. The summed E-state index contributed by atoms with van der Waals surface area (Å²) in [5.74, 6) is 1.56. The van der Waals surface area contributed by atoms with Crippen LogP contribution in [0.15, 0.2) is 65.6 Å². The number of hydrogen-bond acceptors (Lipinski definition) is 4. The first-order valence-electron chi connectivity index (χ1n) is 13.1. The minimum Gasteiger partial charge on any atom is -0.497 e. The van der Waals surface area contributed by atoms with E-state index in [0.29, 0.717) is 22.8 Å². The van der Waals surface area contributed by atoms with Gasteiger partial charge in [-0.05, 0) is 76.4 Å². The van der Waals surface area contributed by atoms with Crippen LogP contribution in [0.1, 0.15) is 94.5 Å². The molecule has 0 saturated heterocycles. The van der Waals surface area contributed by atoms with E-state index in [-0.39, 0.29) is 17.1 Å². The maximum atomic E-state index is 13.9. The third kappa shape index (κ3) is 7.33. The third-order valence-electron chi connectivity index (χ3n) is 6.77. The number of hydrogen-bond donors (Lipinski definition) is 1. The van der Waals surface area contributed by atoms with Gasteiger partial charge in [-0.25, -0.2) is 0 Å². The third-order valence-corrected chi connectivity index (χ3v) is 8.26. The van der Waals surface area contributed by atoms with E-state index in [1.54, 1.807) is 7.11 Å². The van der Waals surface area contributed by atoms with E-state index in [0.717, 1.165) is 21.9 Å². The Hall–Kier alpha value is -2.43. The molecule has 0 bridgehead atoms. The predicted molar refractivity (Wildman–Crippen MR) is 160 cm³/mol. The Morgan fingerprint density at radius 1 is 0.811 bits per heavy atom. The molecule has 198 valence electrons. The molecule has 0 unspecified atom stereocenters. The highest BCUT2D eigenvalue weighted by Gasteiger charge is 2.29. The summed E-state index contributed by atoms with van der Waals surface area (Å²) in [4.78, 5) is 15.1. The second-order valence-corrected chi connectivity index (χ2v) is 12.1. The van der Waals surface area contributed by atoms with Crippen LogP contribution in [0.2, 0.25) is 5.02 Å². The summed E-state index contributed by atoms with van der Waals surface area (Å²) in [6.45, 7) is 15.3. The SMILES string of the molecule is COc1ccc(N[C@H](c2cccc(Cl)c2)[C@@H](C)C(=O)Sc2c(C(C)C)cc(C(C)C)cc2C(C)C)cc1. The van der Waals surface area contributed by atoms with Crippen molar-refractivity contribution in [1.82, 2.24) is 0 Å². The molecule has 0 aromatic heterocycles. The van der Waals surface area contributed by atoms with Crippen molar-refractivity contribution in [3.63, 3.8) is 0 Å². The second kappa shape index (κ2) is 12.9. The summed E-state index contributed by atoms with van der Waals surface area (Å²) >= 11 is 7.76. The van der Waals surface area contributed by atoms with Crippen LogP contribution in [-0.4, -0.2) is 12.2 Å². The molecule has 2 atom stereocenters.